The van der Waals surface area contributed by atoms with Gasteiger partial charge in [0.25, 0.3) is 0 Å². The third-order valence-electron chi connectivity index (χ3n) is 2.29. The van der Waals surface area contributed by atoms with Crippen LogP contribution in [0.5, 0.6) is 0 Å². The highest BCUT2D eigenvalue weighted by Gasteiger charge is 2.02. The summed E-state index contributed by atoms with van der Waals surface area (Å²) in [4.78, 5) is 12.4. The van der Waals surface area contributed by atoms with E-state index in [-0.39, 0.29) is 5.96 Å². The normalized spacial score (nSPS) is 10.9. The van der Waals surface area contributed by atoms with Crippen LogP contribution >= 0.6 is 23.1 Å². The van der Waals surface area contributed by atoms with Crippen LogP contribution in [0.25, 0.3) is 0 Å². The fourth-order valence-corrected chi connectivity index (χ4v) is 2.94. The second kappa shape index (κ2) is 11.5. The maximum Gasteiger partial charge on any atom is 0.212 e. The highest BCUT2D eigenvalue weighted by molar-refractivity contribution is 7.98. The molecule has 0 saturated heterocycles. The van der Waals surface area contributed by atoms with Crippen molar-refractivity contribution in [3.8, 4) is 6.19 Å². The molecule has 0 spiro atoms. The molecule has 0 radical (unpaired) electrons. The number of aliphatic imine (C=N–C) groups is 2. The van der Waals surface area contributed by atoms with Crippen LogP contribution in [-0.4, -0.2) is 49.5 Å². The molecule has 6 N–H and O–H groups in total. The van der Waals surface area contributed by atoms with Crippen LogP contribution in [0.1, 0.15) is 5.69 Å². The minimum absolute atomic E-state index is 0.00744. The van der Waals surface area contributed by atoms with Crippen LogP contribution in [0.3, 0.4) is 0 Å². The monoisotopic (exact) mass is 356 g/mol. The van der Waals surface area contributed by atoms with Crippen LogP contribution in [-0.2, 0) is 10.5 Å². The number of guanidine groups is 2. The maximum atomic E-state index is 8.66. The zero-order valence-corrected chi connectivity index (χ0v) is 14.4. The summed E-state index contributed by atoms with van der Waals surface area (Å²) in [5.41, 5.74) is 11.5. The van der Waals surface area contributed by atoms with E-state index in [4.69, 9.17) is 21.5 Å². The third-order valence-corrected chi connectivity index (χ3v) is 4.07. The first-order valence-electron chi connectivity index (χ1n) is 6.70. The van der Waals surface area contributed by atoms with Gasteiger partial charge in [0.1, 0.15) is 0 Å². The quantitative estimate of drug-likeness (QED) is 0.158. The molecular formula is C12H20N8OS2. The average Bonchev–Trinajstić information content (AvgIpc) is 2.93. The van der Waals surface area contributed by atoms with E-state index in [0.717, 1.165) is 17.2 Å². The minimum Gasteiger partial charge on any atom is -0.383 e. The summed E-state index contributed by atoms with van der Waals surface area (Å²) >= 11 is 3.11. The number of nitriles is 1. The van der Waals surface area contributed by atoms with E-state index in [2.05, 4.69) is 25.6 Å². The summed E-state index contributed by atoms with van der Waals surface area (Å²) in [6, 6.07) is 0. The predicted octanol–water partition coefficient (Wildman–Crippen LogP) is -0.0561. The van der Waals surface area contributed by atoms with Crippen molar-refractivity contribution in [3.63, 3.8) is 0 Å². The predicted molar refractivity (Wildman–Crippen MR) is 94.7 cm³/mol. The Bertz CT molecular complexity index is 562. The van der Waals surface area contributed by atoms with Crippen molar-refractivity contribution in [2.45, 2.75) is 5.75 Å². The summed E-state index contributed by atoms with van der Waals surface area (Å²) in [6.07, 6.45) is 1.85. The van der Waals surface area contributed by atoms with Crippen LogP contribution in [0.2, 0.25) is 0 Å². The summed E-state index contributed by atoms with van der Waals surface area (Å²) in [5, 5.41) is 16.7. The Hall–Kier alpha value is -2.03. The number of nitrogens with zero attached hydrogens (tertiary/aromatic N) is 4. The van der Waals surface area contributed by atoms with Crippen LogP contribution in [0.4, 0.5) is 5.13 Å². The lowest BCUT2D eigenvalue weighted by atomic mass is 10.6. The molecule has 126 valence electrons. The number of rotatable bonds is 9. The van der Waals surface area contributed by atoms with Gasteiger partial charge in [-0.3, -0.25) is 10.3 Å². The number of nitrogens with two attached hydrogens (primary N) is 2. The molecule has 0 aromatic carbocycles. The van der Waals surface area contributed by atoms with Gasteiger partial charge in [-0.15, -0.1) is 11.3 Å². The van der Waals surface area contributed by atoms with Crippen molar-refractivity contribution in [1.82, 2.24) is 15.6 Å². The Kier molecular flexibility index (Phi) is 9.53. The minimum atomic E-state index is 0.00744. The van der Waals surface area contributed by atoms with Gasteiger partial charge in [0, 0.05) is 30.5 Å². The molecule has 23 heavy (non-hydrogen) atoms. The molecule has 0 aliphatic heterocycles. The van der Waals surface area contributed by atoms with E-state index in [0.29, 0.717) is 30.8 Å². The van der Waals surface area contributed by atoms with E-state index in [1.165, 1.54) is 11.3 Å². The molecule has 1 rings (SSSR count). The molecule has 0 bridgehead atoms. The van der Waals surface area contributed by atoms with Gasteiger partial charge >= 0.3 is 0 Å². The van der Waals surface area contributed by atoms with Crippen LogP contribution in [0, 0.1) is 11.5 Å². The molecule has 11 heteroatoms. The molecule has 1 heterocycles. The Labute approximate surface area is 143 Å². The van der Waals surface area contributed by atoms with Crippen molar-refractivity contribution in [1.29, 1.82) is 5.26 Å². The first kappa shape index (κ1) is 19.0. The van der Waals surface area contributed by atoms with E-state index >= 15 is 0 Å². The van der Waals surface area contributed by atoms with E-state index in [1.807, 2.05) is 11.6 Å². The number of thioether (sulfide) groups is 1. The van der Waals surface area contributed by atoms with Gasteiger partial charge in [0.15, 0.2) is 12.2 Å². The molecule has 0 unspecified atom stereocenters. The van der Waals surface area contributed by atoms with E-state index < -0.39 is 0 Å². The Balaban J connectivity index is 2.25. The molecule has 0 aliphatic carbocycles. The topological polar surface area (TPSA) is 147 Å². The zero-order valence-electron chi connectivity index (χ0n) is 12.8. The molecular weight excluding hydrogens is 336 g/mol. The Morgan fingerprint density at radius 2 is 2.39 bits per heavy atom. The first-order chi connectivity index (χ1) is 11.2. The molecule has 0 atom stereocenters. The van der Waals surface area contributed by atoms with Gasteiger partial charge in [-0.2, -0.15) is 22.0 Å². The molecule has 9 nitrogen and oxygen atoms in total. The summed E-state index contributed by atoms with van der Waals surface area (Å²) in [7, 11) is 1.61. The Morgan fingerprint density at radius 1 is 1.57 bits per heavy atom. The van der Waals surface area contributed by atoms with Gasteiger partial charge in [0.05, 0.1) is 18.8 Å². The molecule has 0 amide bonds. The largest absolute Gasteiger partial charge is 0.383 e. The van der Waals surface area contributed by atoms with Crippen LogP contribution in [0.15, 0.2) is 15.4 Å². The van der Waals surface area contributed by atoms with Crippen molar-refractivity contribution in [2.24, 2.45) is 21.5 Å². The Morgan fingerprint density at radius 3 is 3.09 bits per heavy atom. The number of aromatic nitrogens is 1. The fraction of sp³-hybridized carbons (Fsp3) is 0.500. The van der Waals surface area contributed by atoms with E-state index in [1.54, 1.807) is 18.9 Å². The second-order valence-corrected chi connectivity index (χ2v) is 6.04. The molecule has 1 aromatic rings. The lowest BCUT2D eigenvalue weighted by Crippen LogP contribution is -2.36. The van der Waals surface area contributed by atoms with Gasteiger partial charge in [-0.1, -0.05) is 0 Å². The molecule has 1 aromatic heterocycles. The number of hydrogen-bond donors (Lipinski definition) is 4. The van der Waals surface area contributed by atoms with Crippen LogP contribution < -0.4 is 22.1 Å². The lowest BCUT2D eigenvalue weighted by molar-refractivity contribution is 0.208. The molecule has 0 saturated carbocycles. The molecule has 0 aliphatic rings. The van der Waals surface area contributed by atoms with Gasteiger partial charge in [0.2, 0.25) is 11.1 Å². The van der Waals surface area contributed by atoms with Crippen molar-refractivity contribution < 1.29 is 4.74 Å². The van der Waals surface area contributed by atoms with Gasteiger partial charge in [-0.05, 0) is 0 Å². The third kappa shape index (κ3) is 8.87. The fourth-order valence-electron chi connectivity index (χ4n) is 1.38. The summed E-state index contributed by atoms with van der Waals surface area (Å²) < 4.78 is 4.91. The number of methoxy groups -OCH3 is 1. The SMILES string of the molecule is COCCN=C(NC#N)NCCSCc1csc(N=C(N)N)n1. The van der Waals surface area contributed by atoms with Crippen molar-refractivity contribution in [3.05, 3.63) is 11.1 Å². The highest BCUT2D eigenvalue weighted by atomic mass is 32.2. The first-order valence-corrected chi connectivity index (χ1v) is 8.73. The van der Waals surface area contributed by atoms with Crippen molar-refractivity contribution >= 4 is 40.1 Å². The zero-order chi connectivity index (χ0) is 16.9. The lowest BCUT2D eigenvalue weighted by Gasteiger charge is -2.07. The highest BCUT2D eigenvalue weighted by Crippen LogP contribution is 2.21. The summed E-state index contributed by atoms with van der Waals surface area (Å²) in [5.74, 6) is 2.06. The van der Waals surface area contributed by atoms with Gasteiger partial charge < -0.3 is 21.5 Å². The number of nitrogens with one attached hydrogen (secondary N) is 2. The second-order valence-electron chi connectivity index (χ2n) is 4.10. The number of hydrogen-bond acceptors (Lipinski definition) is 7. The summed E-state index contributed by atoms with van der Waals surface area (Å²) in [6.45, 7) is 1.68. The maximum absolute atomic E-state index is 8.66. The molecule has 0 fully saturated rings. The smallest absolute Gasteiger partial charge is 0.212 e. The van der Waals surface area contributed by atoms with Gasteiger partial charge in [-0.25, -0.2) is 4.98 Å². The average molecular weight is 356 g/mol. The number of ether oxygens (including phenoxy) is 1. The number of thiazole rings is 1. The van der Waals surface area contributed by atoms with E-state index in [9.17, 15) is 0 Å². The van der Waals surface area contributed by atoms with Crippen molar-refractivity contribution in [2.75, 3.05) is 32.6 Å². The standard InChI is InChI=1S/C12H20N8OS2/c1-21-4-2-16-11(18-8-13)17-3-5-22-6-9-7-23-12(19-9)20-10(14)15/h7H,2-6H2,1H3,(H2,16,17,18)(H4,14,15,19,20).